The van der Waals surface area contributed by atoms with E-state index >= 15 is 0 Å². The number of benzene rings is 1. The van der Waals surface area contributed by atoms with Crippen LogP contribution in [0.3, 0.4) is 0 Å². The van der Waals surface area contributed by atoms with E-state index in [0.717, 1.165) is 4.57 Å². The molecular weight excluding hydrogens is 235 g/mol. The van der Waals surface area contributed by atoms with Crippen LogP contribution in [0.4, 0.5) is 4.39 Å². The highest BCUT2D eigenvalue weighted by atomic mass is 19.1. The van der Waals surface area contributed by atoms with E-state index in [1.165, 1.54) is 30.3 Å². The number of hydrogen-bond donors (Lipinski definition) is 1. The zero-order chi connectivity index (χ0) is 13.3. The first-order chi connectivity index (χ1) is 8.54. The molecule has 0 aliphatic rings. The first-order valence-corrected chi connectivity index (χ1v) is 5.16. The fourth-order valence-electron chi connectivity index (χ4n) is 1.69. The summed E-state index contributed by atoms with van der Waals surface area (Å²) in [5, 5.41) is 18.8. The summed E-state index contributed by atoms with van der Waals surface area (Å²) >= 11 is 0. The first-order valence-electron chi connectivity index (χ1n) is 5.16. The van der Waals surface area contributed by atoms with Gasteiger partial charge >= 0.3 is 0 Å². The van der Waals surface area contributed by atoms with Gasteiger partial charge in [-0.05, 0) is 36.8 Å². The quantitative estimate of drug-likeness (QED) is 0.832. The van der Waals surface area contributed by atoms with Crippen LogP contribution in [0.5, 0.6) is 5.88 Å². The summed E-state index contributed by atoms with van der Waals surface area (Å²) < 4.78 is 13.8. The third-order valence-corrected chi connectivity index (χ3v) is 2.59. The Morgan fingerprint density at radius 1 is 1.33 bits per heavy atom. The second kappa shape index (κ2) is 4.34. The minimum Gasteiger partial charge on any atom is -0.493 e. The molecule has 1 N–H and O–H groups in total. The molecule has 1 aromatic carbocycles. The maximum absolute atomic E-state index is 12.8. The van der Waals surface area contributed by atoms with Gasteiger partial charge in [-0.2, -0.15) is 5.26 Å². The molecule has 90 valence electrons. The molecule has 0 bridgehead atoms. The van der Waals surface area contributed by atoms with E-state index in [0.29, 0.717) is 11.3 Å². The highest BCUT2D eigenvalue weighted by Gasteiger charge is 2.13. The van der Waals surface area contributed by atoms with Crippen molar-refractivity contribution in [2.45, 2.75) is 6.92 Å². The zero-order valence-electron chi connectivity index (χ0n) is 9.51. The van der Waals surface area contributed by atoms with Crippen LogP contribution in [0.1, 0.15) is 11.1 Å². The van der Waals surface area contributed by atoms with Crippen molar-refractivity contribution in [1.29, 1.82) is 5.26 Å². The van der Waals surface area contributed by atoms with E-state index in [-0.39, 0.29) is 5.56 Å². The topological polar surface area (TPSA) is 66.0 Å². The summed E-state index contributed by atoms with van der Waals surface area (Å²) in [5.41, 5.74) is 0.253. The average molecular weight is 244 g/mol. The van der Waals surface area contributed by atoms with Gasteiger partial charge in [0.15, 0.2) is 0 Å². The Balaban J connectivity index is 2.76. The predicted octanol–water partition coefficient (Wildman–Crippen LogP) is 1.86. The van der Waals surface area contributed by atoms with Crippen LogP contribution in [-0.2, 0) is 0 Å². The summed E-state index contributed by atoms with van der Waals surface area (Å²) in [5.74, 6) is -0.881. The summed E-state index contributed by atoms with van der Waals surface area (Å²) in [6.07, 6.45) is 0. The van der Waals surface area contributed by atoms with Crippen molar-refractivity contribution in [1.82, 2.24) is 4.57 Å². The number of aryl methyl sites for hydroxylation is 1. The molecule has 0 fully saturated rings. The van der Waals surface area contributed by atoms with Gasteiger partial charge in [-0.25, -0.2) is 8.96 Å². The van der Waals surface area contributed by atoms with Crippen molar-refractivity contribution < 1.29 is 9.50 Å². The lowest BCUT2D eigenvalue weighted by Gasteiger charge is -2.10. The molecule has 0 aliphatic heterocycles. The van der Waals surface area contributed by atoms with E-state index in [4.69, 9.17) is 5.26 Å². The van der Waals surface area contributed by atoms with Crippen molar-refractivity contribution in [2.24, 2.45) is 0 Å². The Morgan fingerprint density at radius 3 is 2.50 bits per heavy atom. The second-order valence-corrected chi connectivity index (χ2v) is 3.79. The maximum Gasteiger partial charge on any atom is 0.258 e. The average Bonchev–Trinajstić information content (AvgIpc) is 2.31. The number of aromatic hydroxyl groups is 1. The van der Waals surface area contributed by atoms with Gasteiger partial charge in [-0.3, -0.25) is 4.79 Å². The largest absolute Gasteiger partial charge is 0.493 e. The van der Waals surface area contributed by atoms with Crippen molar-refractivity contribution in [3.63, 3.8) is 0 Å². The van der Waals surface area contributed by atoms with Crippen LogP contribution >= 0.6 is 0 Å². The molecule has 0 atom stereocenters. The van der Waals surface area contributed by atoms with Crippen LogP contribution in [-0.4, -0.2) is 9.67 Å². The first kappa shape index (κ1) is 11.9. The summed E-state index contributed by atoms with van der Waals surface area (Å²) in [7, 11) is 0. The Labute approximate surface area is 102 Å². The van der Waals surface area contributed by atoms with E-state index in [2.05, 4.69) is 0 Å². The van der Waals surface area contributed by atoms with Crippen LogP contribution in [0.2, 0.25) is 0 Å². The van der Waals surface area contributed by atoms with Gasteiger partial charge in [0, 0.05) is 6.07 Å². The molecule has 0 spiro atoms. The third-order valence-electron chi connectivity index (χ3n) is 2.59. The number of nitrogens with zero attached hydrogens (tertiary/aromatic N) is 2. The van der Waals surface area contributed by atoms with Gasteiger partial charge in [0.25, 0.3) is 5.56 Å². The molecule has 1 heterocycles. The third kappa shape index (κ3) is 1.84. The molecule has 0 unspecified atom stereocenters. The molecule has 4 nitrogen and oxygen atoms in total. The van der Waals surface area contributed by atoms with Gasteiger partial charge in [-0.15, -0.1) is 0 Å². The smallest absolute Gasteiger partial charge is 0.258 e. The number of rotatable bonds is 1. The van der Waals surface area contributed by atoms with E-state index in [1.807, 2.05) is 6.07 Å². The standard InChI is InChI=1S/C13H9FN2O2/c1-8-6-12(17)16(13(18)11(8)7-15)10-4-2-9(14)3-5-10/h2-6,18H,1H3. The van der Waals surface area contributed by atoms with Gasteiger partial charge in [0.05, 0.1) is 5.69 Å². The summed E-state index contributed by atoms with van der Waals surface area (Å²) in [6.45, 7) is 1.56. The van der Waals surface area contributed by atoms with Gasteiger partial charge in [0.1, 0.15) is 17.4 Å². The zero-order valence-corrected chi connectivity index (χ0v) is 9.51. The van der Waals surface area contributed by atoms with Gasteiger partial charge in [-0.1, -0.05) is 0 Å². The number of nitriles is 1. The summed E-state index contributed by atoms with van der Waals surface area (Å²) in [4.78, 5) is 11.8. The Kier molecular flexibility index (Phi) is 2.86. The monoisotopic (exact) mass is 244 g/mol. The number of pyridine rings is 1. The lowest BCUT2D eigenvalue weighted by Crippen LogP contribution is -2.19. The highest BCUT2D eigenvalue weighted by Crippen LogP contribution is 2.21. The van der Waals surface area contributed by atoms with Crippen LogP contribution in [0.25, 0.3) is 5.69 Å². The second-order valence-electron chi connectivity index (χ2n) is 3.79. The van der Waals surface area contributed by atoms with E-state index in [9.17, 15) is 14.3 Å². The molecular formula is C13H9FN2O2. The van der Waals surface area contributed by atoms with E-state index in [1.54, 1.807) is 6.92 Å². The lowest BCUT2D eigenvalue weighted by atomic mass is 10.1. The fourth-order valence-corrected chi connectivity index (χ4v) is 1.69. The van der Waals surface area contributed by atoms with Crippen molar-refractivity contribution in [3.05, 3.63) is 57.6 Å². The van der Waals surface area contributed by atoms with Crippen molar-refractivity contribution >= 4 is 0 Å². The lowest BCUT2D eigenvalue weighted by molar-refractivity contribution is 0.433. The maximum atomic E-state index is 12.8. The van der Waals surface area contributed by atoms with Gasteiger partial charge in [0.2, 0.25) is 5.88 Å². The number of halogens is 1. The van der Waals surface area contributed by atoms with Crippen molar-refractivity contribution in [3.8, 4) is 17.6 Å². The Hall–Kier alpha value is -2.61. The number of aromatic nitrogens is 1. The molecule has 0 saturated heterocycles. The molecule has 2 aromatic rings. The van der Waals surface area contributed by atoms with E-state index < -0.39 is 17.3 Å². The molecule has 1 aromatic heterocycles. The predicted molar refractivity (Wildman–Crippen MR) is 63.1 cm³/mol. The SMILES string of the molecule is Cc1cc(=O)n(-c2ccc(F)cc2)c(O)c1C#N. The summed E-state index contributed by atoms with van der Waals surface area (Å²) in [6, 6.07) is 8.14. The van der Waals surface area contributed by atoms with Crippen LogP contribution in [0.15, 0.2) is 35.1 Å². The van der Waals surface area contributed by atoms with Gasteiger partial charge < -0.3 is 5.11 Å². The normalized spacial score (nSPS) is 10.1. The molecule has 0 radical (unpaired) electrons. The minimum absolute atomic E-state index is 0.0268. The van der Waals surface area contributed by atoms with Crippen LogP contribution < -0.4 is 5.56 Å². The molecule has 0 aliphatic carbocycles. The Morgan fingerprint density at radius 2 is 1.94 bits per heavy atom. The molecule has 0 saturated carbocycles. The number of hydrogen-bond acceptors (Lipinski definition) is 3. The Bertz CT molecular complexity index is 697. The molecule has 18 heavy (non-hydrogen) atoms. The van der Waals surface area contributed by atoms with Crippen molar-refractivity contribution in [2.75, 3.05) is 0 Å². The molecule has 5 heteroatoms. The molecule has 2 rings (SSSR count). The van der Waals surface area contributed by atoms with Crippen LogP contribution in [0, 0.1) is 24.1 Å². The minimum atomic E-state index is -0.476. The highest BCUT2D eigenvalue weighted by molar-refractivity contribution is 5.48. The molecule has 0 amide bonds. The fraction of sp³-hybridized carbons (Fsp3) is 0.0769.